The van der Waals surface area contributed by atoms with E-state index in [2.05, 4.69) is 0 Å². The van der Waals surface area contributed by atoms with Crippen LogP contribution in [0.2, 0.25) is 0 Å². The minimum atomic E-state index is -0.687. The van der Waals surface area contributed by atoms with Gasteiger partial charge in [0.1, 0.15) is 5.82 Å². The Labute approximate surface area is 111 Å². The predicted molar refractivity (Wildman–Crippen MR) is 71.0 cm³/mol. The van der Waals surface area contributed by atoms with Crippen molar-refractivity contribution < 1.29 is 9.50 Å². The van der Waals surface area contributed by atoms with Crippen LogP contribution in [0.25, 0.3) is 0 Å². The fourth-order valence-electron chi connectivity index (χ4n) is 1.81. The maximum atomic E-state index is 12.8. The molecule has 0 aromatic heterocycles. The molecule has 0 bridgehead atoms. The van der Waals surface area contributed by atoms with Gasteiger partial charge in [-0.2, -0.15) is 0 Å². The minimum absolute atomic E-state index is 0.258. The zero-order valence-electron chi connectivity index (χ0n) is 9.76. The molecule has 0 spiro atoms. The Morgan fingerprint density at radius 3 is 2.17 bits per heavy atom. The van der Waals surface area contributed by atoms with Crippen molar-refractivity contribution in [1.29, 1.82) is 0 Å². The molecule has 1 N–H and O–H groups in total. The Hall–Kier alpha value is -1.38. The number of hydrogen-bond donors (Lipinski definition) is 1. The highest BCUT2D eigenvalue weighted by Gasteiger charge is 2.15. The molecule has 2 aromatic rings. The molecule has 3 heteroatoms. The molecule has 0 fully saturated rings. The highest BCUT2D eigenvalue weighted by molar-refractivity contribution is 6.20. The summed E-state index contributed by atoms with van der Waals surface area (Å²) in [5.41, 5.74) is 1.65. The third-order valence-corrected chi connectivity index (χ3v) is 3.28. The number of rotatable bonds is 4. The summed E-state index contributed by atoms with van der Waals surface area (Å²) in [6.45, 7) is 0. The van der Waals surface area contributed by atoms with Gasteiger partial charge in [0.15, 0.2) is 0 Å². The van der Waals surface area contributed by atoms with Gasteiger partial charge < -0.3 is 5.11 Å². The molecule has 2 aromatic carbocycles. The van der Waals surface area contributed by atoms with Crippen LogP contribution >= 0.6 is 11.6 Å². The zero-order chi connectivity index (χ0) is 13.0. The zero-order valence-corrected chi connectivity index (χ0v) is 10.5. The van der Waals surface area contributed by atoms with Gasteiger partial charge in [-0.1, -0.05) is 42.5 Å². The molecule has 0 aliphatic rings. The number of aliphatic hydroxyl groups excluding tert-OH is 1. The van der Waals surface area contributed by atoms with Gasteiger partial charge in [-0.15, -0.1) is 11.6 Å². The second-order valence-electron chi connectivity index (χ2n) is 4.18. The van der Waals surface area contributed by atoms with E-state index >= 15 is 0 Å². The van der Waals surface area contributed by atoms with Crippen molar-refractivity contribution in [3.05, 3.63) is 71.5 Å². The normalized spacial score (nSPS) is 14.2. The lowest BCUT2D eigenvalue weighted by molar-refractivity contribution is 0.166. The molecular weight excluding hydrogens is 251 g/mol. The lowest BCUT2D eigenvalue weighted by atomic mass is 10.0. The second kappa shape index (κ2) is 5.98. The first-order valence-electron chi connectivity index (χ1n) is 5.79. The van der Waals surface area contributed by atoms with Gasteiger partial charge in [0.05, 0.1) is 11.5 Å². The molecule has 0 heterocycles. The summed E-state index contributed by atoms with van der Waals surface area (Å²) in [5, 5.41) is 9.78. The quantitative estimate of drug-likeness (QED) is 0.820. The van der Waals surface area contributed by atoms with Crippen LogP contribution in [0, 0.1) is 5.82 Å². The Morgan fingerprint density at radius 1 is 0.944 bits per heavy atom. The van der Waals surface area contributed by atoms with Crippen molar-refractivity contribution in [2.75, 3.05) is 0 Å². The van der Waals surface area contributed by atoms with Gasteiger partial charge in [0.2, 0.25) is 0 Å². The topological polar surface area (TPSA) is 20.2 Å². The van der Waals surface area contributed by atoms with Crippen LogP contribution in [0.3, 0.4) is 0 Å². The van der Waals surface area contributed by atoms with Gasteiger partial charge in [-0.3, -0.25) is 0 Å². The number of alkyl halides is 1. The average molecular weight is 265 g/mol. The smallest absolute Gasteiger partial charge is 0.123 e. The van der Waals surface area contributed by atoms with Crippen LogP contribution in [-0.2, 0) is 0 Å². The molecule has 1 nitrogen and oxygen atoms in total. The van der Waals surface area contributed by atoms with E-state index < -0.39 is 6.10 Å². The van der Waals surface area contributed by atoms with Crippen molar-refractivity contribution >= 4 is 11.6 Å². The molecule has 0 saturated heterocycles. The Morgan fingerprint density at radius 2 is 1.56 bits per heavy atom. The Kier molecular flexibility index (Phi) is 4.34. The van der Waals surface area contributed by atoms with Gasteiger partial charge in [0, 0.05) is 0 Å². The van der Waals surface area contributed by atoms with E-state index in [1.54, 1.807) is 12.1 Å². The van der Waals surface area contributed by atoms with Crippen molar-refractivity contribution in [2.24, 2.45) is 0 Å². The Bertz CT molecular complexity index is 484. The molecule has 0 radical (unpaired) electrons. The first kappa shape index (κ1) is 13.1. The fraction of sp³-hybridized carbons (Fsp3) is 0.200. The summed E-state index contributed by atoms with van der Waals surface area (Å²) in [5.74, 6) is -0.309. The number of halogens is 2. The van der Waals surface area contributed by atoms with Crippen molar-refractivity contribution in [3.63, 3.8) is 0 Å². The number of benzene rings is 2. The molecule has 0 saturated carbocycles. The minimum Gasteiger partial charge on any atom is -0.388 e. The maximum Gasteiger partial charge on any atom is 0.123 e. The van der Waals surface area contributed by atoms with Crippen LogP contribution in [0.4, 0.5) is 4.39 Å². The third-order valence-electron chi connectivity index (χ3n) is 2.85. The van der Waals surface area contributed by atoms with Crippen molar-refractivity contribution in [3.8, 4) is 0 Å². The van der Waals surface area contributed by atoms with E-state index in [4.69, 9.17) is 11.6 Å². The van der Waals surface area contributed by atoms with Crippen LogP contribution in [0.5, 0.6) is 0 Å². The second-order valence-corrected chi connectivity index (χ2v) is 4.71. The molecular formula is C15H14ClFO. The maximum absolute atomic E-state index is 12.8. The van der Waals surface area contributed by atoms with E-state index in [-0.39, 0.29) is 11.2 Å². The summed E-state index contributed by atoms with van der Waals surface area (Å²) in [6.07, 6.45) is -0.287. The van der Waals surface area contributed by atoms with Crippen LogP contribution < -0.4 is 0 Å². The van der Waals surface area contributed by atoms with Gasteiger partial charge in [0.25, 0.3) is 0 Å². The lowest BCUT2D eigenvalue weighted by Crippen LogP contribution is -2.02. The SMILES string of the molecule is O[C@H](C[C@@H](Cl)c1ccccc1)c1ccc(F)cc1. The van der Waals surface area contributed by atoms with E-state index in [1.165, 1.54) is 12.1 Å². The molecule has 0 aliphatic heterocycles. The van der Waals surface area contributed by atoms with Gasteiger partial charge >= 0.3 is 0 Å². The van der Waals surface area contributed by atoms with E-state index in [0.29, 0.717) is 12.0 Å². The molecule has 0 amide bonds. The molecule has 94 valence electrons. The van der Waals surface area contributed by atoms with Crippen LogP contribution in [0.15, 0.2) is 54.6 Å². The Balaban J connectivity index is 2.03. The largest absolute Gasteiger partial charge is 0.388 e. The highest BCUT2D eigenvalue weighted by Crippen LogP contribution is 2.31. The fourth-order valence-corrected chi connectivity index (χ4v) is 2.13. The van der Waals surface area contributed by atoms with Gasteiger partial charge in [-0.05, 0) is 29.7 Å². The molecule has 2 atom stereocenters. The standard InChI is InChI=1S/C15H14ClFO/c16-14(11-4-2-1-3-5-11)10-15(18)12-6-8-13(17)9-7-12/h1-9,14-15,18H,10H2/t14-,15-/m1/s1. The first-order chi connectivity index (χ1) is 8.66. The first-order valence-corrected chi connectivity index (χ1v) is 6.23. The average Bonchev–Trinajstić information content (AvgIpc) is 2.40. The molecule has 2 rings (SSSR count). The molecule has 0 aliphatic carbocycles. The molecule has 18 heavy (non-hydrogen) atoms. The summed E-state index contributed by atoms with van der Waals surface area (Å²) in [6, 6.07) is 15.4. The lowest BCUT2D eigenvalue weighted by Gasteiger charge is -2.15. The van der Waals surface area contributed by atoms with Gasteiger partial charge in [-0.25, -0.2) is 4.39 Å². The van der Waals surface area contributed by atoms with E-state index in [9.17, 15) is 9.50 Å². The number of hydrogen-bond acceptors (Lipinski definition) is 1. The van der Waals surface area contributed by atoms with E-state index in [1.807, 2.05) is 30.3 Å². The monoisotopic (exact) mass is 264 g/mol. The highest BCUT2D eigenvalue weighted by atomic mass is 35.5. The van der Waals surface area contributed by atoms with Crippen molar-refractivity contribution in [1.82, 2.24) is 0 Å². The van der Waals surface area contributed by atoms with E-state index in [0.717, 1.165) is 5.56 Å². The number of aliphatic hydroxyl groups is 1. The van der Waals surface area contributed by atoms with Crippen LogP contribution in [0.1, 0.15) is 29.0 Å². The summed E-state index contributed by atoms with van der Waals surface area (Å²) in [7, 11) is 0. The van der Waals surface area contributed by atoms with Crippen LogP contribution in [-0.4, -0.2) is 5.11 Å². The van der Waals surface area contributed by atoms with Crippen molar-refractivity contribution in [2.45, 2.75) is 17.9 Å². The predicted octanol–water partition coefficient (Wildman–Crippen LogP) is 4.23. The molecule has 0 unspecified atom stereocenters. The summed E-state index contributed by atoms with van der Waals surface area (Å²) in [4.78, 5) is 0. The summed E-state index contributed by atoms with van der Waals surface area (Å²) < 4.78 is 12.8. The third kappa shape index (κ3) is 3.31. The summed E-state index contributed by atoms with van der Waals surface area (Å²) >= 11 is 6.25.